The van der Waals surface area contributed by atoms with E-state index in [1.54, 1.807) is 0 Å². The van der Waals surface area contributed by atoms with Crippen molar-refractivity contribution in [3.8, 4) is 0 Å². The number of rotatable bonds is 6. The predicted molar refractivity (Wildman–Crippen MR) is 69.7 cm³/mol. The minimum atomic E-state index is -4.34. The zero-order valence-electron chi connectivity index (χ0n) is 11.5. The van der Waals surface area contributed by atoms with Gasteiger partial charge in [0.25, 0.3) is 0 Å². The van der Waals surface area contributed by atoms with Gasteiger partial charge in [0.15, 0.2) is 0 Å². The number of sulfonamides is 1. The highest BCUT2D eigenvalue weighted by Gasteiger charge is 2.33. The molecule has 8 heteroatoms. The van der Waals surface area contributed by atoms with E-state index in [1.807, 2.05) is 0 Å². The third kappa shape index (κ3) is 6.90. The second-order valence-corrected chi connectivity index (χ2v) is 7.69. The molecule has 0 atom stereocenters. The molecule has 1 aliphatic carbocycles. The van der Waals surface area contributed by atoms with Crippen LogP contribution in [-0.2, 0) is 10.0 Å². The van der Waals surface area contributed by atoms with Crippen LogP contribution in [0.4, 0.5) is 13.2 Å². The van der Waals surface area contributed by atoms with Crippen LogP contribution in [-0.4, -0.2) is 37.6 Å². The Morgan fingerprint density at radius 3 is 2.35 bits per heavy atom. The minimum absolute atomic E-state index is 0.117. The van der Waals surface area contributed by atoms with Crippen LogP contribution < -0.4 is 4.72 Å². The number of aliphatic hydroxyl groups is 1. The lowest BCUT2D eigenvalue weighted by molar-refractivity contribution is -0.134. The first-order chi connectivity index (χ1) is 9.02. The van der Waals surface area contributed by atoms with E-state index in [4.69, 9.17) is 0 Å². The second-order valence-electron chi connectivity index (χ2n) is 5.77. The van der Waals surface area contributed by atoms with Crippen molar-refractivity contribution in [2.24, 2.45) is 5.92 Å². The molecule has 1 aliphatic rings. The second kappa shape index (κ2) is 6.62. The summed E-state index contributed by atoms with van der Waals surface area (Å²) in [6.45, 7) is 1.95. The summed E-state index contributed by atoms with van der Waals surface area (Å²) >= 11 is 0. The van der Waals surface area contributed by atoms with Crippen molar-refractivity contribution in [3.63, 3.8) is 0 Å². The van der Waals surface area contributed by atoms with Gasteiger partial charge in [-0.3, -0.25) is 0 Å². The van der Waals surface area contributed by atoms with Crippen molar-refractivity contribution in [3.05, 3.63) is 0 Å². The molecular formula is C12H22F3NO3S. The van der Waals surface area contributed by atoms with Crippen LogP contribution >= 0.6 is 0 Å². The van der Waals surface area contributed by atoms with Crippen LogP contribution in [0.2, 0.25) is 0 Å². The van der Waals surface area contributed by atoms with Crippen LogP contribution in [0, 0.1) is 5.92 Å². The summed E-state index contributed by atoms with van der Waals surface area (Å²) in [4.78, 5) is 0. The van der Waals surface area contributed by atoms with E-state index in [9.17, 15) is 26.7 Å². The summed E-state index contributed by atoms with van der Waals surface area (Å²) in [5.74, 6) is -0.0578. The highest BCUT2D eigenvalue weighted by Crippen LogP contribution is 2.31. The molecule has 2 N–H and O–H groups in total. The predicted octanol–water partition coefficient (Wildman–Crippen LogP) is 2.19. The van der Waals surface area contributed by atoms with Crippen LogP contribution in [0.15, 0.2) is 0 Å². The Morgan fingerprint density at radius 2 is 1.85 bits per heavy atom. The number of hydrogen-bond acceptors (Lipinski definition) is 3. The molecule has 1 fully saturated rings. The fraction of sp³-hybridized carbons (Fsp3) is 1.00. The van der Waals surface area contributed by atoms with Gasteiger partial charge in [0.05, 0.1) is 11.4 Å². The van der Waals surface area contributed by atoms with Crippen LogP contribution in [0.3, 0.4) is 0 Å². The topological polar surface area (TPSA) is 66.4 Å². The molecule has 0 aromatic heterocycles. The molecule has 1 rings (SSSR count). The van der Waals surface area contributed by atoms with E-state index in [2.05, 4.69) is 11.6 Å². The summed E-state index contributed by atoms with van der Waals surface area (Å²) < 4.78 is 61.2. The normalized spacial score (nSPS) is 28.6. The number of halogens is 3. The maximum atomic E-state index is 11.9. The highest BCUT2D eigenvalue weighted by atomic mass is 32.2. The fourth-order valence-corrected chi connectivity index (χ4v) is 3.41. The summed E-state index contributed by atoms with van der Waals surface area (Å²) in [6.07, 6.45) is -3.24. The standard InChI is InChI=1S/C12H22F3NO3S/c1-10-3-6-11(17,7-4-10)9-16-20(18,19)8-2-5-12(13,14)15/h10,16-17H,2-9H2,1H3. The molecule has 0 spiro atoms. The zero-order chi connectivity index (χ0) is 15.4. The van der Waals surface area contributed by atoms with Gasteiger partial charge in [0, 0.05) is 13.0 Å². The Bertz CT molecular complexity index is 401. The van der Waals surface area contributed by atoms with Gasteiger partial charge in [0.1, 0.15) is 0 Å². The van der Waals surface area contributed by atoms with Crippen molar-refractivity contribution in [1.82, 2.24) is 4.72 Å². The molecule has 0 bridgehead atoms. The van der Waals surface area contributed by atoms with Crippen molar-refractivity contribution in [2.75, 3.05) is 12.3 Å². The van der Waals surface area contributed by atoms with Crippen LogP contribution in [0.1, 0.15) is 45.4 Å². The smallest absolute Gasteiger partial charge is 0.389 e. The van der Waals surface area contributed by atoms with Crippen molar-refractivity contribution < 1.29 is 26.7 Å². The molecular weight excluding hydrogens is 295 g/mol. The van der Waals surface area contributed by atoms with Gasteiger partial charge < -0.3 is 5.11 Å². The largest absolute Gasteiger partial charge is 0.389 e. The summed E-state index contributed by atoms with van der Waals surface area (Å²) in [5.41, 5.74) is -1.07. The molecule has 120 valence electrons. The van der Waals surface area contributed by atoms with Gasteiger partial charge in [-0.25, -0.2) is 13.1 Å². The highest BCUT2D eigenvalue weighted by molar-refractivity contribution is 7.89. The van der Waals surface area contributed by atoms with Crippen molar-refractivity contribution in [1.29, 1.82) is 0 Å². The van der Waals surface area contributed by atoms with Gasteiger partial charge in [-0.1, -0.05) is 6.92 Å². The summed E-state index contributed by atoms with van der Waals surface area (Å²) in [6, 6.07) is 0. The Labute approximate surface area is 117 Å². The molecule has 0 aromatic rings. The van der Waals surface area contributed by atoms with E-state index in [-0.39, 0.29) is 6.54 Å². The van der Waals surface area contributed by atoms with Gasteiger partial charge in [-0.05, 0) is 38.0 Å². The van der Waals surface area contributed by atoms with E-state index in [0.717, 1.165) is 12.8 Å². The van der Waals surface area contributed by atoms with E-state index in [1.165, 1.54) is 0 Å². The minimum Gasteiger partial charge on any atom is -0.389 e. The average Bonchev–Trinajstić information content (AvgIpc) is 2.29. The molecule has 1 saturated carbocycles. The number of alkyl halides is 3. The number of hydrogen-bond donors (Lipinski definition) is 2. The molecule has 0 amide bonds. The zero-order valence-corrected chi connectivity index (χ0v) is 12.4. The van der Waals surface area contributed by atoms with E-state index < -0.39 is 40.4 Å². The Hall–Kier alpha value is -0.340. The lowest BCUT2D eigenvalue weighted by Gasteiger charge is -2.34. The molecule has 20 heavy (non-hydrogen) atoms. The molecule has 0 heterocycles. The molecule has 0 aromatic carbocycles. The fourth-order valence-electron chi connectivity index (χ4n) is 2.26. The first kappa shape index (κ1) is 17.7. The summed E-state index contributed by atoms with van der Waals surface area (Å²) in [7, 11) is -3.77. The molecule has 0 unspecified atom stereocenters. The first-order valence-corrected chi connectivity index (χ1v) is 8.43. The molecule has 0 radical (unpaired) electrons. The van der Waals surface area contributed by atoms with E-state index >= 15 is 0 Å². The van der Waals surface area contributed by atoms with Gasteiger partial charge in [-0.2, -0.15) is 13.2 Å². The van der Waals surface area contributed by atoms with Gasteiger partial charge in [-0.15, -0.1) is 0 Å². The monoisotopic (exact) mass is 317 g/mol. The molecule has 4 nitrogen and oxygen atoms in total. The third-order valence-corrected chi connectivity index (χ3v) is 5.11. The molecule has 0 saturated heterocycles. The molecule has 0 aliphatic heterocycles. The third-order valence-electron chi connectivity index (χ3n) is 3.70. The first-order valence-electron chi connectivity index (χ1n) is 6.78. The maximum absolute atomic E-state index is 11.9. The quantitative estimate of drug-likeness (QED) is 0.789. The van der Waals surface area contributed by atoms with Crippen molar-refractivity contribution >= 4 is 10.0 Å². The SMILES string of the molecule is CC1CCC(O)(CNS(=O)(=O)CCCC(F)(F)F)CC1. The average molecular weight is 317 g/mol. The van der Waals surface area contributed by atoms with Gasteiger partial charge >= 0.3 is 6.18 Å². The van der Waals surface area contributed by atoms with Crippen LogP contribution in [0.5, 0.6) is 0 Å². The lowest BCUT2D eigenvalue weighted by Crippen LogP contribution is -2.45. The maximum Gasteiger partial charge on any atom is 0.389 e. The van der Waals surface area contributed by atoms with Crippen molar-refractivity contribution in [2.45, 2.75) is 57.2 Å². The van der Waals surface area contributed by atoms with E-state index in [0.29, 0.717) is 18.8 Å². The summed E-state index contributed by atoms with van der Waals surface area (Å²) in [5, 5.41) is 10.2. The van der Waals surface area contributed by atoms with Gasteiger partial charge in [0.2, 0.25) is 10.0 Å². The number of nitrogens with one attached hydrogen (secondary N) is 1. The Morgan fingerprint density at radius 1 is 1.30 bits per heavy atom. The Balaban J connectivity index is 2.36. The van der Waals surface area contributed by atoms with Crippen LogP contribution in [0.25, 0.3) is 0 Å². The Kier molecular flexibility index (Phi) is 5.86. The lowest BCUT2D eigenvalue weighted by atomic mass is 9.80.